The van der Waals surface area contributed by atoms with Crippen molar-refractivity contribution >= 4 is 90.4 Å². The van der Waals surface area contributed by atoms with E-state index in [0.717, 1.165) is 28.7 Å². The van der Waals surface area contributed by atoms with Gasteiger partial charge in [0, 0.05) is 25.4 Å². The Balaban J connectivity index is 1.18. The molecule has 0 aromatic heterocycles. The normalized spacial score (nSPS) is 11.1. The minimum atomic E-state index is -0.223. The Morgan fingerprint density at radius 1 is 0.349 bits per heavy atom. The number of hydrogen-bond donors (Lipinski definition) is 0. The fraction of sp³-hybridized carbons (Fsp3) is 0.0270. The highest BCUT2D eigenvalue weighted by molar-refractivity contribution is 14.1. The Kier molecular flexibility index (Phi) is 9.85. The molecule has 43 heavy (non-hydrogen) atoms. The zero-order chi connectivity index (χ0) is 30.1. The number of benzene rings is 6. The molecule has 212 valence electrons. The molecule has 0 saturated heterocycles. The summed E-state index contributed by atoms with van der Waals surface area (Å²) in [6, 6.07) is 39.6. The second-order valence-electron chi connectivity index (χ2n) is 10.2. The number of rotatable bonds is 6. The largest absolute Gasteiger partial charge is 0.207 e. The van der Waals surface area contributed by atoms with E-state index >= 15 is 0 Å². The van der Waals surface area contributed by atoms with Crippen LogP contribution in [0.25, 0.3) is 44.5 Å². The van der Waals surface area contributed by atoms with E-state index in [4.69, 9.17) is 0 Å². The molecule has 0 nitrogen and oxygen atoms in total. The highest BCUT2D eigenvalue weighted by Crippen LogP contribution is 2.37. The van der Waals surface area contributed by atoms with Gasteiger partial charge in [0.05, 0.1) is 0 Å². The molecule has 0 amide bonds. The highest BCUT2D eigenvalue weighted by atomic mass is 127. The summed E-state index contributed by atoms with van der Waals surface area (Å²) in [5, 5.41) is 0. The molecule has 0 spiro atoms. The Labute approximate surface area is 304 Å². The first-order chi connectivity index (χ1) is 20.7. The minimum absolute atomic E-state index is 0.223. The molecular weight excluding hydrogens is 990 g/mol. The van der Waals surface area contributed by atoms with Crippen molar-refractivity contribution in [2.45, 2.75) is 6.42 Å². The van der Waals surface area contributed by atoms with Gasteiger partial charge in [-0.3, -0.25) is 0 Å². The molecule has 0 aliphatic heterocycles. The standard InChI is InChI=1S/C37H22F2I4/c38-30-13-9-24(10-14-30)28-18-32(40)36(33(41)19-28)26-5-1-22(2-6-26)17-23-3-7-27(8-4-23)37-34(42)20-29(21-35(37)43)25-11-15-31(39)16-12-25/h1-16,18-21H,17H2. The quantitative estimate of drug-likeness (QED) is 0.146. The lowest BCUT2D eigenvalue weighted by Crippen LogP contribution is -1.93. The predicted molar refractivity (Wildman–Crippen MR) is 208 cm³/mol. The zero-order valence-corrected chi connectivity index (χ0v) is 31.2. The van der Waals surface area contributed by atoms with Crippen LogP contribution in [0.2, 0.25) is 0 Å². The van der Waals surface area contributed by atoms with Crippen LogP contribution in [0, 0.1) is 25.9 Å². The van der Waals surface area contributed by atoms with Crippen LogP contribution in [0.4, 0.5) is 8.78 Å². The minimum Gasteiger partial charge on any atom is -0.207 e. The van der Waals surface area contributed by atoms with E-state index in [-0.39, 0.29) is 11.6 Å². The lowest BCUT2D eigenvalue weighted by atomic mass is 9.96. The van der Waals surface area contributed by atoms with Crippen LogP contribution in [0.3, 0.4) is 0 Å². The van der Waals surface area contributed by atoms with Gasteiger partial charge < -0.3 is 0 Å². The van der Waals surface area contributed by atoms with E-state index in [9.17, 15) is 8.78 Å². The topological polar surface area (TPSA) is 0 Å². The molecule has 0 radical (unpaired) electrons. The summed E-state index contributed by atoms with van der Waals surface area (Å²) in [5.74, 6) is -0.445. The Hall–Kier alpha value is -1.90. The second kappa shape index (κ2) is 13.6. The summed E-state index contributed by atoms with van der Waals surface area (Å²) in [6.07, 6.45) is 0.857. The smallest absolute Gasteiger partial charge is 0.123 e. The number of halogens is 6. The lowest BCUT2D eigenvalue weighted by molar-refractivity contribution is 0.627. The van der Waals surface area contributed by atoms with Crippen LogP contribution in [0.1, 0.15) is 11.1 Å². The average molecular weight is 1010 g/mol. The van der Waals surface area contributed by atoms with E-state index in [0.29, 0.717) is 0 Å². The Bertz CT molecular complexity index is 1730. The molecule has 0 aliphatic rings. The molecule has 0 N–H and O–H groups in total. The van der Waals surface area contributed by atoms with Crippen molar-refractivity contribution in [3.63, 3.8) is 0 Å². The first-order valence-corrected chi connectivity index (χ1v) is 17.8. The summed E-state index contributed by atoms with van der Waals surface area (Å²) in [5.41, 5.74) is 11.5. The van der Waals surface area contributed by atoms with Crippen molar-refractivity contribution < 1.29 is 8.78 Å². The van der Waals surface area contributed by atoms with Crippen molar-refractivity contribution in [1.82, 2.24) is 0 Å². The summed E-state index contributed by atoms with van der Waals surface area (Å²) in [4.78, 5) is 0. The molecule has 0 heterocycles. The van der Waals surface area contributed by atoms with Gasteiger partial charge >= 0.3 is 0 Å². The van der Waals surface area contributed by atoms with E-state index in [2.05, 4.69) is 163 Å². The van der Waals surface area contributed by atoms with Gasteiger partial charge in [0.15, 0.2) is 0 Å². The van der Waals surface area contributed by atoms with Gasteiger partial charge in [-0.2, -0.15) is 0 Å². The molecule has 6 heteroatoms. The first kappa shape index (κ1) is 31.1. The summed E-state index contributed by atoms with van der Waals surface area (Å²) in [7, 11) is 0. The van der Waals surface area contributed by atoms with Crippen molar-refractivity contribution in [3.8, 4) is 44.5 Å². The zero-order valence-electron chi connectivity index (χ0n) is 22.5. The van der Waals surface area contributed by atoms with Gasteiger partial charge in [-0.1, -0.05) is 72.8 Å². The molecule has 0 atom stereocenters. The molecule has 6 rings (SSSR count). The van der Waals surface area contributed by atoms with E-state index < -0.39 is 0 Å². The van der Waals surface area contributed by atoms with Crippen LogP contribution in [0.5, 0.6) is 0 Å². The summed E-state index contributed by atoms with van der Waals surface area (Å²) in [6.45, 7) is 0. The number of hydrogen-bond acceptors (Lipinski definition) is 0. The second-order valence-corrected chi connectivity index (χ2v) is 14.9. The molecule has 0 fully saturated rings. The van der Waals surface area contributed by atoms with Crippen molar-refractivity contribution in [3.05, 3.63) is 158 Å². The Morgan fingerprint density at radius 2 is 0.628 bits per heavy atom. The third kappa shape index (κ3) is 7.17. The van der Waals surface area contributed by atoms with E-state index in [1.54, 1.807) is 0 Å². The van der Waals surface area contributed by atoms with Crippen molar-refractivity contribution in [2.75, 3.05) is 0 Å². The molecule has 0 bridgehead atoms. The van der Waals surface area contributed by atoms with Crippen LogP contribution in [0.15, 0.2) is 121 Å². The molecule has 0 aliphatic carbocycles. The average Bonchev–Trinajstić information content (AvgIpc) is 2.99. The van der Waals surface area contributed by atoms with Gasteiger partial charge in [-0.25, -0.2) is 8.78 Å². The summed E-state index contributed by atoms with van der Waals surface area (Å²) < 4.78 is 31.5. The SMILES string of the molecule is Fc1ccc(-c2cc(I)c(-c3ccc(Cc4ccc(-c5c(I)cc(-c6ccc(F)cc6)cc5I)cc4)cc3)c(I)c2)cc1. The predicted octanol–water partition coefficient (Wildman–Crippen LogP) is 12.6. The van der Waals surface area contributed by atoms with Gasteiger partial charge in [0.1, 0.15) is 11.6 Å². The summed E-state index contributed by atoms with van der Waals surface area (Å²) >= 11 is 9.60. The van der Waals surface area contributed by atoms with E-state index in [1.807, 2.05) is 24.3 Å². The maximum absolute atomic E-state index is 13.4. The van der Waals surface area contributed by atoms with E-state index in [1.165, 1.54) is 71.9 Å². The van der Waals surface area contributed by atoms with Gasteiger partial charge in [-0.15, -0.1) is 0 Å². The third-order valence-corrected chi connectivity index (χ3v) is 10.7. The van der Waals surface area contributed by atoms with Crippen LogP contribution >= 0.6 is 90.4 Å². The van der Waals surface area contributed by atoms with Gasteiger partial charge in [0.2, 0.25) is 0 Å². The van der Waals surface area contributed by atoms with Crippen LogP contribution < -0.4 is 0 Å². The fourth-order valence-corrected chi connectivity index (χ4v) is 9.91. The van der Waals surface area contributed by atoms with Crippen LogP contribution in [-0.2, 0) is 6.42 Å². The maximum Gasteiger partial charge on any atom is 0.123 e. The molecule has 6 aromatic carbocycles. The van der Waals surface area contributed by atoms with Crippen molar-refractivity contribution in [2.24, 2.45) is 0 Å². The van der Waals surface area contributed by atoms with Gasteiger partial charge in [0.25, 0.3) is 0 Å². The molecule has 0 saturated carbocycles. The monoisotopic (exact) mass is 1010 g/mol. The molecule has 6 aromatic rings. The highest BCUT2D eigenvalue weighted by Gasteiger charge is 2.13. The fourth-order valence-electron chi connectivity index (χ4n) is 5.13. The van der Waals surface area contributed by atoms with Gasteiger partial charge in [-0.05, 0) is 190 Å². The molecule has 0 unspecified atom stereocenters. The Morgan fingerprint density at radius 3 is 0.930 bits per heavy atom. The maximum atomic E-state index is 13.4. The molecular formula is C37H22F2I4. The van der Waals surface area contributed by atoms with Crippen molar-refractivity contribution in [1.29, 1.82) is 0 Å². The first-order valence-electron chi connectivity index (χ1n) is 13.4. The van der Waals surface area contributed by atoms with Crippen LogP contribution in [-0.4, -0.2) is 0 Å². The lowest BCUT2D eigenvalue weighted by Gasteiger charge is -2.13. The third-order valence-electron chi connectivity index (χ3n) is 7.33.